The predicted octanol–water partition coefficient (Wildman–Crippen LogP) is 2.12. The molecule has 1 heterocycles. The molecule has 1 N–H and O–H groups in total. The number of carbonyl (C=O) groups is 2. The molecule has 1 amide bonds. The maximum Gasteiger partial charge on any atom is 0.410 e. The second-order valence-electron chi connectivity index (χ2n) is 5.39. The van der Waals surface area contributed by atoms with Crippen LogP contribution in [0, 0.1) is 11.8 Å². The number of carboxylic acids is 1. The van der Waals surface area contributed by atoms with Crippen molar-refractivity contribution in [2.75, 3.05) is 6.54 Å². The van der Waals surface area contributed by atoms with Crippen molar-refractivity contribution in [3.05, 3.63) is 35.9 Å². The average Bonchev–Trinajstić information content (AvgIpc) is 3.20. The number of carboxylic acid groups (broad SMARTS) is 1. The van der Waals surface area contributed by atoms with E-state index in [-0.39, 0.29) is 18.6 Å². The summed E-state index contributed by atoms with van der Waals surface area (Å²) in [5, 5.41) is 9.11. The van der Waals surface area contributed by atoms with Gasteiger partial charge < -0.3 is 14.7 Å². The molecule has 1 aromatic rings. The molecule has 0 bridgehead atoms. The molecular formula is C15H17NO4. The van der Waals surface area contributed by atoms with Gasteiger partial charge in [0.15, 0.2) is 0 Å². The average molecular weight is 275 g/mol. The minimum absolute atomic E-state index is 0.116. The molecule has 0 spiro atoms. The Labute approximate surface area is 117 Å². The molecule has 2 fully saturated rings. The number of piperidine rings is 1. The van der Waals surface area contributed by atoms with Crippen LogP contribution in [0.1, 0.15) is 18.4 Å². The first-order valence-corrected chi connectivity index (χ1v) is 6.88. The van der Waals surface area contributed by atoms with Crippen LogP contribution in [0.5, 0.6) is 0 Å². The van der Waals surface area contributed by atoms with Crippen LogP contribution < -0.4 is 0 Å². The Morgan fingerprint density at radius 3 is 2.75 bits per heavy atom. The fraction of sp³-hybridized carbons (Fsp3) is 0.467. The van der Waals surface area contributed by atoms with Gasteiger partial charge in [-0.2, -0.15) is 0 Å². The van der Waals surface area contributed by atoms with Crippen LogP contribution in [-0.2, 0) is 16.1 Å². The summed E-state index contributed by atoms with van der Waals surface area (Å²) in [6.45, 7) is 0.823. The summed E-state index contributed by atoms with van der Waals surface area (Å²) in [6, 6.07) is 9.31. The molecule has 3 atom stereocenters. The van der Waals surface area contributed by atoms with Crippen molar-refractivity contribution in [3.63, 3.8) is 0 Å². The van der Waals surface area contributed by atoms with Crippen LogP contribution in [0.3, 0.4) is 0 Å². The fourth-order valence-corrected chi connectivity index (χ4v) is 3.12. The van der Waals surface area contributed by atoms with E-state index >= 15 is 0 Å². The molecule has 1 saturated carbocycles. The second kappa shape index (κ2) is 5.15. The van der Waals surface area contributed by atoms with Crippen molar-refractivity contribution in [2.45, 2.75) is 25.5 Å². The second-order valence-corrected chi connectivity index (χ2v) is 5.39. The molecule has 5 nitrogen and oxygen atoms in total. The number of ether oxygens (including phenoxy) is 1. The lowest BCUT2D eigenvalue weighted by atomic mass is 10.1. The number of nitrogens with zero attached hydrogens (tertiary/aromatic N) is 1. The first-order chi connectivity index (χ1) is 9.68. The van der Waals surface area contributed by atoms with Gasteiger partial charge in [-0.3, -0.25) is 4.79 Å². The van der Waals surface area contributed by atoms with Crippen molar-refractivity contribution in [1.82, 2.24) is 4.90 Å². The number of benzene rings is 1. The predicted molar refractivity (Wildman–Crippen MR) is 71.0 cm³/mol. The van der Waals surface area contributed by atoms with Gasteiger partial charge in [0, 0.05) is 6.54 Å². The van der Waals surface area contributed by atoms with E-state index in [1.807, 2.05) is 30.3 Å². The molecule has 2 aliphatic rings. The lowest BCUT2D eigenvalue weighted by Gasteiger charge is -2.25. The van der Waals surface area contributed by atoms with Gasteiger partial charge in [0.25, 0.3) is 0 Å². The summed E-state index contributed by atoms with van der Waals surface area (Å²) in [6.07, 6.45) is 1.35. The maximum absolute atomic E-state index is 12.1. The van der Waals surface area contributed by atoms with Gasteiger partial charge in [-0.25, -0.2) is 4.79 Å². The largest absolute Gasteiger partial charge is 0.481 e. The zero-order valence-corrected chi connectivity index (χ0v) is 11.1. The van der Waals surface area contributed by atoms with Crippen LogP contribution in [0.4, 0.5) is 4.79 Å². The third kappa shape index (κ3) is 2.35. The van der Waals surface area contributed by atoms with Gasteiger partial charge in [0.05, 0.1) is 12.0 Å². The maximum atomic E-state index is 12.1. The van der Waals surface area contributed by atoms with E-state index in [4.69, 9.17) is 9.84 Å². The number of carbonyl (C=O) groups excluding carboxylic acids is 1. The topological polar surface area (TPSA) is 66.8 Å². The number of hydrogen-bond acceptors (Lipinski definition) is 3. The van der Waals surface area contributed by atoms with Crippen LogP contribution in [0.25, 0.3) is 0 Å². The number of amides is 1. The SMILES string of the molecule is O=C(O)[C@@H]1[C@H]2CCCN(C(=O)OCc3ccccc3)[C@H]21. The number of fused-ring (bicyclic) bond motifs is 1. The summed E-state index contributed by atoms with van der Waals surface area (Å²) < 4.78 is 5.29. The van der Waals surface area contributed by atoms with E-state index in [0.29, 0.717) is 6.54 Å². The van der Waals surface area contributed by atoms with Gasteiger partial charge in [-0.1, -0.05) is 30.3 Å². The third-order valence-corrected chi connectivity index (χ3v) is 4.15. The van der Waals surface area contributed by atoms with Crippen LogP contribution in [0.2, 0.25) is 0 Å². The third-order valence-electron chi connectivity index (χ3n) is 4.15. The van der Waals surface area contributed by atoms with Crippen molar-refractivity contribution in [3.8, 4) is 0 Å². The van der Waals surface area contributed by atoms with Gasteiger partial charge >= 0.3 is 12.1 Å². The summed E-state index contributed by atoms with van der Waals surface area (Å²) >= 11 is 0. The summed E-state index contributed by atoms with van der Waals surface area (Å²) in [5.41, 5.74) is 0.931. The molecule has 1 aromatic carbocycles. The van der Waals surface area contributed by atoms with Gasteiger partial charge in [0.1, 0.15) is 6.61 Å². The lowest BCUT2D eigenvalue weighted by Crippen LogP contribution is -2.38. The van der Waals surface area contributed by atoms with E-state index in [0.717, 1.165) is 18.4 Å². The minimum atomic E-state index is -0.803. The smallest absolute Gasteiger partial charge is 0.410 e. The van der Waals surface area contributed by atoms with Gasteiger partial charge in [-0.15, -0.1) is 0 Å². The van der Waals surface area contributed by atoms with Gasteiger partial charge in [-0.05, 0) is 24.3 Å². The Morgan fingerprint density at radius 2 is 2.05 bits per heavy atom. The molecule has 0 radical (unpaired) electrons. The van der Waals surface area contributed by atoms with E-state index in [2.05, 4.69) is 0 Å². The van der Waals surface area contributed by atoms with E-state index in [1.165, 1.54) is 0 Å². The molecular weight excluding hydrogens is 258 g/mol. The Kier molecular flexibility index (Phi) is 3.34. The molecule has 1 aliphatic carbocycles. The number of rotatable bonds is 3. The van der Waals surface area contributed by atoms with Crippen molar-refractivity contribution in [2.24, 2.45) is 11.8 Å². The van der Waals surface area contributed by atoms with Crippen molar-refractivity contribution < 1.29 is 19.4 Å². The highest BCUT2D eigenvalue weighted by molar-refractivity contribution is 5.78. The van der Waals surface area contributed by atoms with Crippen molar-refractivity contribution in [1.29, 1.82) is 0 Å². The molecule has 106 valence electrons. The highest BCUT2D eigenvalue weighted by atomic mass is 16.6. The Balaban J connectivity index is 1.59. The standard InChI is InChI=1S/C15H17NO4/c17-14(18)12-11-7-4-8-16(13(11)12)15(19)20-9-10-5-2-1-3-6-10/h1-3,5-6,11-13H,4,7-9H2,(H,17,18)/t11-,12-,13-/m1/s1. The highest BCUT2D eigenvalue weighted by Gasteiger charge is 2.60. The van der Waals surface area contributed by atoms with E-state index in [9.17, 15) is 9.59 Å². The van der Waals surface area contributed by atoms with E-state index < -0.39 is 18.0 Å². The summed E-state index contributed by atoms with van der Waals surface area (Å²) in [7, 11) is 0. The highest BCUT2D eigenvalue weighted by Crippen LogP contribution is 2.49. The molecule has 5 heteroatoms. The van der Waals surface area contributed by atoms with Gasteiger partial charge in [0.2, 0.25) is 0 Å². The van der Waals surface area contributed by atoms with Crippen LogP contribution in [-0.4, -0.2) is 34.7 Å². The Morgan fingerprint density at radius 1 is 1.30 bits per heavy atom. The molecule has 3 rings (SSSR count). The zero-order valence-electron chi connectivity index (χ0n) is 11.1. The quantitative estimate of drug-likeness (QED) is 0.917. The Bertz CT molecular complexity index is 516. The first-order valence-electron chi connectivity index (χ1n) is 6.88. The Hall–Kier alpha value is -2.04. The summed E-state index contributed by atoms with van der Waals surface area (Å²) in [5.74, 6) is -1.09. The number of likely N-dealkylation sites (tertiary alicyclic amines) is 1. The molecule has 0 aromatic heterocycles. The molecule has 0 unspecified atom stereocenters. The molecule has 1 aliphatic heterocycles. The number of aliphatic carboxylic acids is 1. The normalized spacial score (nSPS) is 27.6. The minimum Gasteiger partial charge on any atom is -0.481 e. The number of hydrogen-bond donors (Lipinski definition) is 1. The van der Waals surface area contributed by atoms with Crippen LogP contribution in [0.15, 0.2) is 30.3 Å². The fourth-order valence-electron chi connectivity index (χ4n) is 3.12. The molecule has 20 heavy (non-hydrogen) atoms. The van der Waals surface area contributed by atoms with Crippen LogP contribution >= 0.6 is 0 Å². The van der Waals surface area contributed by atoms with Crippen molar-refractivity contribution >= 4 is 12.1 Å². The lowest BCUT2D eigenvalue weighted by molar-refractivity contribution is -0.139. The van der Waals surface area contributed by atoms with E-state index in [1.54, 1.807) is 4.90 Å². The summed E-state index contributed by atoms with van der Waals surface area (Å²) in [4.78, 5) is 24.8. The first kappa shape index (κ1) is 13.0. The monoisotopic (exact) mass is 275 g/mol. The zero-order chi connectivity index (χ0) is 14.1. The molecule has 1 saturated heterocycles.